The van der Waals surface area contributed by atoms with Gasteiger partial charge in [-0.1, -0.05) is 60.7 Å². The first-order chi connectivity index (χ1) is 14.3. The smallest absolute Gasteiger partial charge is 0.223 e. The van der Waals surface area contributed by atoms with Gasteiger partial charge >= 0.3 is 0 Å². The number of likely N-dealkylation sites (tertiary alicyclic amines) is 1. The number of carbonyl (C=O) groups is 1. The van der Waals surface area contributed by atoms with Crippen LogP contribution in [0.1, 0.15) is 37.0 Å². The molecule has 0 bridgehead atoms. The molecular weight excluding hydrogens is 358 g/mol. The largest absolute Gasteiger partial charge is 0.461 e. The summed E-state index contributed by atoms with van der Waals surface area (Å²) in [5.74, 6) is 2.74. The predicted molar refractivity (Wildman–Crippen MR) is 117 cm³/mol. The van der Waals surface area contributed by atoms with Crippen molar-refractivity contribution >= 4 is 5.91 Å². The zero-order chi connectivity index (χ0) is 19.9. The van der Waals surface area contributed by atoms with Crippen molar-refractivity contribution in [2.75, 3.05) is 13.1 Å². The quantitative estimate of drug-likeness (QED) is 0.517. The van der Waals surface area contributed by atoms with E-state index in [1.807, 2.05) is 47.4 Å². The summed E-state index contributed by atoms with van der Waals surface area (Å²) >= 11 is 0. The number of carbonyl (C=O) groups excluding carboxylic acids is 1. The van der Waals surface area contributed by atoms with Crippen LogP contribution in [-0.4, -0.2) is 23.9 Å². The Bertz CT molecular complexity index is 893. The maximum Gasteiger partial charge on any atom is 0.223 e. The molecule has 1 fully saturated rings. The lowest BCUT2D eigenvalue weighted by Gasteiger charge is -2.32. The van der Waals surface area contributed by atoms with E-state index in [0.29, 0.717) is 12.8 Å². The lowest BCUT2D eigenvalue weighted by molar-refractivity contribution is -0.132. The molecule has 150 valence electrons. The Hall–Kier alpha value is -2.81. The molecular formula is C26H29NO2. The minimum absolute atomic E-state index is 0.254. The van der Waals surface area contributed by atoms with Gasteiger partial charge < -0.3 is 9.32 Å². The van der Waals surface area contributed by atoms with Crippen molar-refractivity contribution in [3.63, 3.8) is 0 Å². The Morgan fingerprint density at radius 1 is 0.862 bits per heavy atom. The Morgan fingerprint density at radius 3 is 2.28 bits per heavy atom. The van der Waals surface area contributed by atoms with Crippen molar-refractivity contribution in [1.29, 1.82) is 0 Å². The molecule has 29 heavy (non-hydrogen) atoms. The van der Waals surface area contributed by atoms with Gasteiger partial charge in [-0.3, -0.25) is 4.79 Å². The molecule has 0 atom stereocenters. The summed E-state index contributed by atoms with van der Waals surface area (Å²) in [6.45, 7) is 1.79. The molecule has 0 unspecified atom stereocenters. The van der Waals surface area contributed by atoms with Crippen LogP contribution in [0.15, 0.2) is 77.2 Å². The van der Waals surface area contributed by atoms with Crippen LogP contribution in [0.5, 0.6) is 0 Å². The Balaban J connectivity index is 1.20. The van der Waals surface area contributed by atoms with E-state index in [2.05, 4.69) is 30.3 Å². The van der Waals surface area contributed by atoms with Crippen LogP contribution in [0.3, 0.4) is 0 Å². The van der Waals surface area contributed by atoms with Crippen LogP contribution < -0.4 is 0 Å². The zero-order valence-electron chi connectivity index (χ0n) is 16.9. The normalized spacial score (nSPS) is 14.8. The van der Waals surface area contributed by atoms with Gasteiger partial charge in [0.05, 0.1) is 0 Å². The molecule has 0 spiro atoms. The third-order valence-corrected chi connectivity index (χ3v) is 5.96. The molecule has 0 N–H and O–H groups in total. The third-order valence-electron chi connectivity index (χ3n) is 5.96. The van der Waals surface area contributed by atoms with E-state index in [9.17, 15) is 4.79 Å². The van der Waals surface area contributed by atoms with Crippen LogP contribution in [0.25, 0.3) is 11.3 Å². The first-order valence-corrected chi connectivity index (χ1v) is 10.7. The van der Waals surface area contributed by atoms with Gasteiger partial charge in [-0.25, -0.2) is 0 Å². The van der Waals surface area contributed by atoms with Crippen molar-refractivity contribution in [2.24, 2.45) is 5.92 Å². The number of furan rings is 1. The first kappa shape index (κ1) is 19.5. The second kappa shape index (κ2) is 9.60. The minimum atomic E-state index is 0.254. The number of aryl methyl sites for hydroxylation is 2. The van der Waals surface area contributed by atoms with Crippen LogP contribution in [0.2, 0.25) is 0 Å². The van der Waals surface area contributed by atoms with Crippen molar-refractivity contribution in [1.82, 2.24) is 4.90 Å². The lowest BCUT2D eigenvalue weighted by Crippen LogP contribution is -2.38. The summed E-state index contributed by atoms with van der Waals surface area (Å²) in [6, 6.07) is 24.8. The summed E-state index contributed by atoms with van der Waals surface area (Å²) < 4.78 is 5.93. The zero-order valence-corrected chi connectivity index (χ0v) is 16.9. The van der Waals surface area contributed by atoms with E-state index in [0.717, 1.165) is 55.4 Å². The lowest BCUT2D eigenvalue weighted by atomic mass is 9.90. The molecule has 0 aliphatic carbocycles. The molecule has 4 rings (SSSR count). The maximum atomic E-state index is 12.6. The van der Waals surface area contributed by atoms with Gasteiger partial charge in [0.15, 0.2) is 0 Å². The number of hydrogen-bond donors (Lipinski definition) is 0. The average molecular weight is 388 g/mol. The molecule has 3 heteroatoms. The number of benzene rings is 2. The number of hydrogen-bond acceptors (Lipinski definition) is 2. The van der Waals surface area contributed by atoms with E-state index in [1.54, 1.807) is 0 Å². The molecule has 0 saturated carbocycles. The molecule has 1 saturated heterocycles. The fraction of sp³-hybridized carbons (Fsp3) is 0.346. The van der Waals surface area contributed by atoms with Gasteiger partial charge in [-0.15, -0.1) is 0 Å². The second-order valence-electron chi connectivity index (χ2n) is 7.98. The Labute approximate surface area is 173 Å². The van der Waals surface area contributed by atoms with E-state index in [1.165, 1.54) is 12.0 Å². The van der Waals surface area contributed by atoms with Crippen LogP contribution in [0, 0.1) is 5.92 Å². The number of amides is 1. The summed E-state index contributed by atoms with van der Waals surface area (Å²) in [6.07, 6.45) is 5.80. The van der Waals surface area contributed by atoms with Crippen molar-refractivity contribution in [2.45, 2.75) is 38.5 Å². The minimum Gasteiger partial charge on any atom is -0.461 e. The molecule has 2 aromatic carbocycles. The van der Waals surface area contributed by atoms with Crippen LogP contribution in [0.4, 0.5) is 0 Å². The molecule has 1 aliphatic rings. The topological polar surface area (TPSA) is 33.5 Å². The van der Waals surface area contributed by atoms with Gasteiger partial charge in [0, 0.05) is 31.5 Å². The van der Waals surface area contributed by atoms with Gasteiger partial charge in [-0.05, 0) is 49.3 Å². The van der Waals surface area contributed by atoms with Gasteiger partial charge in [-0.2, -0.15) is 0 Å². The summed E-state index contributed by atoms with van der Waals surface area (Å²) in [4.78, 5) is 14.7. The van der Waals surface area contributed by atoms with E-state index in [-0.39, 0.29) is 5.91 Å². The van der Waals surface area contributed by atoms with E-state index < -0.39 is 0 Å². The van der Waals surface area contributed by atoms with Crippen molar-refractivity contribution in [3.8, 4) is 11.3 Å². The molecule has 2 heterocycles. The van der Waals surface area contributed by atoms with Crippen molar-refractivity contribution in [3.05, 3.63) is 84.1 Å². The summed E-state index contributed by atoms with van der Waals surface area (Å²) in [5, 5.41) is 0. The first-order valence-electron chi connectivity index (χ1n) is 10.7. The standard InChI is InChI=1S/C26H29NO2/c28-26(16-14-24-13-15-25(29-24)23-9-5-2-6-10-23)27-19-17-22(18-20-27)12-11-21-7-3-1-4-8-21/h1-10,13,15,22H,11-12,14,16-20H2. The van der Waals surface area contributed by atoms with Gasteiger partial charge in [0.25, 0.3) is 0 Å². The second-order valence-corrected chi connectivity index (χ2v) is 7.98. The predicted octanol–water partition coefficient (Wildman–Crippen LogP) is 5.75. The fourth-order valence-electron chi connectivity index (χ4n) is 4.14. The molecule has 3 nitrogen and oxygen atoms in total. The monoisotopic (exact) mass is 387 g/mol. The van der Waals surface area contributed by atoms with E-state index in [4.69, 9.17) is 4.42 Å². The van der Waals surface area contributed by atoms with Crippen LogP contribution in [-0.2, 0) is 17.6 Å². The highest BCUT2D eigenvalue weighted by Gasteiger charge is 2.22. The third kappa shape index (κ3) is 5.38. The summed E-state index contributed by atoms with van der Waals surface area (Å²) in [7, 11) is 0. The highest BCUT2D eigenvalue weighted by Crippen LogP contribution is 2.25. The van der Waals surface area contributed by atoms with Gasteiger partial charge in [0.1, 0.15) is 11.5 Å². The molecule has 3 aromatic rings. The molecule has 1 aromatic heterocycles. The number of rotatable bonds is 7. The van der Waals surface area contributed by atoms with E-state index >= 15 is 0 Å². The Morgan fingerprint density at radius 2 is 1.55 bits per heavy atom. The fourth-order valence-corrected chi connectivity index (χ4v) is 4.14. The maximum absolute atomic E-state index is 12.6. The highest BCUT2D eigenvalue weighted by molar-refractivity contribution is 5.76. The SMILES string of the molecule is O=C(CCc1ccc(-c2ccccc2)o1)N1CCC(CCc2ccccc2)CC1. The summed E-state index contributed by atoms with van der Waals surface area (Å²) in [5.41, 5.74) is 2.49. The molecule has 1 amide bonds. The highest BCUT2D eigenvalue weighted by atomic mass is 16.3. The van der Waals surface area contributed by atoms with Gasteiger partial charge in [0.2, 0.25) is 5.91 Å². The van der Waals surface area contributed by atoms with Crippen molar-refractivity contribution < 1.29 is 9.21 Å². The Kier molecular flexibility index (Phi) is 6.45. The molecule has 0 radical (unpaired) electrons. The molecule has 1 aliphatic heterocycles. The number of nitrogens with zero attached hydrogens (tertiary/aromatic N) is 1. The van der Waals surface area contributed by atoms with Crippen LogP contribution >= 0.6 is 0 Å². The average Bonchev–Trinajstić information content (AvgIpc) is 3.27. The number of piperidine rings is 1.